The topological polar surface area (TPSA) is 33.2 Å². The van der Waals surface area contributed by atoms with E-state index in [0.29, 0.717) is 0 Å². The molecule has 0 aliphatic heterocycles. The Morgan fingerprint density at radius 1 is 1.28 bits per heavy atom. The molecule has 0 saturated heterocycles. The van der Waals surface area contributed by atoms with Gasteiger partial charge in [-0.2, -0.15) is 13.2 Å². The van der Waals surface area contributed by atoms with Gasteiger partial charge in [0.2, 0.25) is 0 Å². The van der Waals surface area contributed by atoms with Gasteiger partial charge in [0.15, 0.2) is 0 Å². The van der Waals surface area contributed by atoms with E-state index in [1.165, 1.54) is 11.0 Å². The Kier molecular flexibility index (Phi) is 3.69. The van der Waals surface area contributed by atoms with Crippen molar-refractivity contribution in [2.45, 2.75) is 32.5 Å². The molecule has 0 radical (unpaired) electrons. The van der Waals surface area contributed by atoms with Crippen LogP contribution in [0.2, 0.25) is 0 Å². The highest BCUT2D eigenvalue weighted by Crippen LogP contribution is 2.28. The fourth-order valence-corrected chi connectivity index (χ4v) is 1.22. The summed E-state index contributed by atoms with van der Waals surface area (Å²) in [5, 5.41) is 0. The second kappa shape index (κ2) is 4.59. The molecule has 0 atom stereocenters. The number of carbonyl (C=O) groups excluding carboxylic acids is 1. The van der Waals surface area contributed by atoms with E-state index in [-0.39, 0.29) is 5.56 Å². The quantitative estimate of drug-likeness (QED) is 0.777. The highest BCUT2D eigenvalue weighted by molar-refractivity contribution is 5.94. The van der Waals surface area contributed by atoms with E-state index in [4.69, 9.17) is 0 Å². The SMILES string of the molecule is CN(C(=O)c1ccnc(C(F)(F)F)c1)C(C)(C)C. The van der Waals surface area contributed by atoms with Crippen molar-refractivity contribution in [2.24, 2.45) is 0 Å². The zero-order valence-electron chi connectivity index (χ0n) is 10.7. The number of amides is 1. The molecule has 0 aliphatic carbocycles. The van der Waals surface area contributed by atoms with Crippen molar-refractivity contribution >= 4 is 5.91 Å². The van der Waals surface area contributed by atoms with Crippen molar-refractivity contribution < 1.29 is 18.0 Å². The number of rotatable bonds is 1. The second-order valence-corrected chi connectivity index (χ2v) is 4.96. The summed E-state index contributed by atoms with van der Waals surface area (Å²) in [7, 11) is 1.55. The number of carbonyl (C=O) groups is 1. The van der Waals surface area contributed by atoms with E-state index in [9.17, 15) is 18.0 Å². The lowest BCUT2D eigenvalue weighted by Gasteiger charge is -2.32. The van der Waals surface area contributed by atoms with Gasteiger partial charge >= 0.3 is 6.18 Å². The minimum absolute atomic E-state index is 0.0188. The number of halogens is 3. The molecule has 1 heterocycles. The van der Waals surface area contributed by atoms with E-state index in [1.54, 1.807) is 27.8 Å². The first kappa shape index (κ1) is 14.5. The second-order valence-electron chi connectivity index (χ2n) is 4.96. The lowest BCUT2D eigenvalue weighted by Crippen LogP contribution is -2.42. The monoisotopic (exact) mass is 260 g/mol. The molecule has 1 aromatic heterocycles. The van der Waals surface area contributed by atoms with Gasteiger partial charge in [-0.15, -0.1) is 0 Å². The predicted octanol–water partition coefficient (Wildman–Crippen LogP) is 2.97. The molecule has 0 aromatic carbocycles. The molecule has 3 nitrogen and oxygen atoms in total. The third-order valence-electron chi connectivity index (χ3n) is 2.61. The molecule has 100 valence electrons. The van der Waals surface area contributed by atoms with Crippen molar-refractivity contribution in [3.63, 3.8) is 0 Å². The number of hydrogen-bond donors (Lipinski definition) is 0. The highest BCUT2D eigenvalue weighted by atomic mass is 19.4. The number of alkyl halides is 3. The predicted molar refractivity (Wildman–Crippen MR) is 61.1 cm³/mol. The molecule has 0 aliphatic rings. The minimum Gasteiger partial charge on any atom is -0.337 e. The molecule has 0 saturated carbocycles. The number of pyridine rings is 1. The zero-order chi connectivity index (χ0) is 14.1. The Labute approximate surface area is 104 Å². The summed E-state index contributed by atoms with van der Waals surface area (Å²) >= 11 is 0. The molecule has 18 heavy (non-hydrogen) atoms. The number of aromatic nitrogens is 1. The Morgan fingerprint density at radius 3 is 2.28 bits per heavy atom. The van der Waals surface area contributed by atoms with E-state index in [2.05, 4.69) is 4.98 Å². The summed E-state index contributed by atoms with van der Waals surface area (Å²) in [6.07, 6.45) is -3.55. The van der Waals surface area contributed by atoms with Gasteiger partial charge in [-0.1, -0.05) is 0 Å². The molecule has 1 aromatic rings. The summed E-state index contributed by atoms with van der Waals surface area (Å²) < 4.78 is 37.4. The summed E-state index contributed by atoms with van der Waals surface area (Å²) in [4.78, 5) is 16.6. The average molecular weight is 260 g/mol. The van der Waals surface area contributed by atoms with Crippen molar-refractivity contribution in [1.82, 2.24) is 9.88 Å². The van der Waals surface area contributed by atoms with Crippen LogP contribution in [0.5, 0.6) is 0 Å². The molecule has 0 unspecified atom stereocenters. The van der Waals surface area contributed by atoms with Crippen LogP contribution in [0.4, 0.5) is 13.2 Å². The van der Waals surface area contributed by atoms with Crippen molar-refractivity contribution in [3.05, 3.63) is 29.6 Å². The van der Waals surface area contributed by atoms with Gasteiger partial charge in [0.25, 0.3) is 5.91 Å². The van der Waals surface area contributed by atoms with Gasteiger partial charge in [-0.25, -0.2) is 0 Å². The first-order chi connectivity index (χ1) is 8.03. The van der Waals surface area contributed by atoms with Gasteiger partial charge in [0, 0.05) is 24.3 Å². The molecule has 6 heteroatoms. The lowest BCUT2D eigenvalue weighted by molar-refractivity contribution is -0.141. The third kappa shape index (κ3) is 3.21. The number of nitrogens with zero attached hydrogens (tertiary/aromatic N) is 2. The van der Waals surface area contributed by atoms with Crippen LogP contribution in [0, 0.1) is 0 Å². The zero-order valence-corrected chi connectivity index (χ0v) is 10.7. The Hall–Kier alpha value is -1.59. The van der Waals surface area contributed by atoms with Crippen LogP contribution in [0.15, 0.2) is 18.3 Å². The summed E-state index contributed by atoms with van der Waals surface area (Å²) in [6, 6.07) is 2.05. The van der Waals surface area contributed by atoms with Crippen LogP contribution < -0.4 is 0 Å². The van der Waals surface area contributed by atoms with Crippen molar-refractivity contribution in [1.29, 1.82) is 0 Å². The maximum atomic E-state index is 12.5. The van der Waals surface area contributed by atoms with Crippen LogP contribution in [-0.4, -0.2) is 28.4 Å². The van der Waals surface area contributed by atoms with Gasteiger partial charge in [-0.05, 0) is 32.9 Å². The van der Waals surface area contributed by atoms with Crippen LogP contribution >= 0.6 is 0 Å². The van der Waals surface area contributed by atoms with Crippen molar-refractivity contribution in [3.8, 4) is 0 Å². The fourth-order valence-electron chi connectivity index (χ4n) is 1.22. The molecular formula is C12H15F3N2O. The van der Waals surface area contributed by atoms with Crippen molar-refractivity contribution in [2.75, 3.05) is 7.05 Å². The van der Waals surface area contributed by atoms with Gasteiger partial charge in [0.1, 0.15) is 5.69 Å². The van der Waals surface area contributed by atoms with E-state index in [0.717, 1.165) is 12.3 Å². The van der Waals surface area contributed by atoms with Crippen LogP contribution in [0.25, 0.3) is 0 Å². The molecule has 1 rings (SSSR count). The normalized spacial score (nSPS) is 12.4. The fraction of sp³-hybridized carbons (Fsp3) is 0.500. The minimum atomic E-state index is -4.55. The third-order valence-corrected chi connectivity index (χ3v) is 2.61. The van der Waals surface area contributed by atoms with Gasteiger partial charge < -0.3 is 4.90 Å². The molecule has 0 bridgehead atoms. The van der Waals surface area contributed by atoms with Crippen LogP contribution in [-0.2, 0) is 6.18 Å². The first-order valence-electron chi connectivity index (χ1n) is 5.35. The van der Waals surface area contributed by atoms with E-state index in [1.807, 2.05) is 0 Å². The summed E-state index contributed by atoms with van der Waals surface area (Å²) in [5.41, 5.74) is -1.54. The Bertz CT molecular complexity index is 449. The standard InChI is InChI=1S/C12H15F3N2O/c1-11(2,3)17(4)10(18)8-5-6-16-9(7-8)12(13,14)15/h5-7H,1-4H3. The molecule has 0 fully saturated rings. The van der Waals surface area contributed by atoms with Crippen LogP contribution in [0.1, 0.15) is 36.8 Å². The number of hydrogen-bond acceptors (Lipinski definition) is 2. The Balaban J connectivity index is 3.09. The summed E-state index contributed by atoms with van der Waals surface area (Å²) in [5.74, 6) is -0.463. The molecular weight excluding hydrogens is 245 g/mol. The van der Waals surface area contributed by atoms with Gasteiger partial charge in [-0.3, -0.25) is 9.78 Å². The Morgan fingerprint density at radius 2 is 1.83 bits per heavy atom. The molecule has 0 spiro atoms. The largest absolute Gasteiger partial charge is 0.433 e. The smallest absolute Gasteiger partial charge is 0.337 e. The molecule has 1 amide bonds. The van der Waals surface area contributed by atoms with E-state index >= 15 is 0 Å². The van der Waals surface area contributed by atoms with E-state index < -0.39 is 23.3 Å². The highest BCUT2D eigenvalue weighted by Gasteiger charge is 2.33. The lowest BCUT2D eigenvalue weighted by atomic mass is 10.1. The maximum absolute atomic E-state index is 12.5. The first-order valence-corrected chi connectivity index (χ1v) is 5.35. The van der Waals surface area contributed by atoms with Crippen LogP contribution in [0.3, 0.4) is 0 Å². The maximum Gasteiger partial charge on any atom is 0.433 e. The van der Waals surface area contributed by atoms with Gasteiger partial charge in [0.05, 0.1) is 0 Å². The summed E-state index contributed by atoms with van der Waals surface area (Å²) in [6.45, 7) is 5.41. The molecule has 0 N–H and O–H groups in total. The average Bonchev–Trinajstić information content (AvgIpc) is 2.25.